The highest BCUT2D eigenvalue weighted by atomic mass is 35.5. The Balaban J connectivity index is 2.18. The number of ether oxygens (including phenoxy) is 3. The third-order valence-corrected chi connectivity index (χ3v) is 5.53. The van der Waals surface area contributed by atoms with Crippen LogP contribution in [0.3, 0.4) is 0 Å². The molecule has 0 atom stereocenters. The van der Waals surface area contributed by atoms with E-state index in [1.54, 1.807) is 39.5 Å². The van der Waals surface area contributed by atoms with Crippen LogP contribution in [0.5, 0.6) is 17.2 Å². The lowest BCUT2D eigenvalue weighted by Gasteiger charge is -2.16. The second-order valence-electron chi connectivity index (χ2n) is 6.39. The van der Waals surface area contributed by atoms with Gasteiger partial charge in [-0.05, 0) is 43.0 Å². The molecule has 0 aliphatic rings. The number of hydrogen-bond acceptors (Lipinski definition) is 8. The van der Waals surface area contributed by atoms with Crippen LogP contribution < -0.4 is 19.5 Å². The number of thioether (sulfide) groups is 1. The molecule has 0 spiro atoms. The van der Waals surface area contributed by atoms with E-state index in [1.165, 1.54) is 11.8 Å². The maximum Gasteiger partial charge on any atom is 0.189 e. The SMILES string of the molecule is COc1cc(Cl)c(C)cc1Nc1nc(SC)nc(-c2ccc(OC)c(OC)c2)c1C#N. The molecule has 0 amide bonds. The molecule has 0 radical (unpaired) electrons. The summed E-state index contributed by atoms with van der Waals surface area (Å²) in [4.78, 5) is 9.10. The summed E-state index contributed by atoms with van der Waals surface area (Å²) in [6.07, 6.45) is 1.87. The van der Waals surface area contributed by atoms with E-state index in [0.717, 1.165) is 5.56 Å². The summed E-state index contributed by atoms with van der Waals surface area (Å²) in [5.41, 5.74) is 2.98. The minimum absolute atomic E-state index is 0.291. The maximum atomic E-state index is 9.97. The quantitative estimate of drug-likeness (QED) is 0.370. The van der Waals surface area contributed by atoms with Gasteiger partial charge in [-0.2, -0.15) is 5.26 Å². The van der Waals surface area contributed by atoms with Crippen molar-refractivity contribution in [2.45, 2.75) is 12.1 Å². The lowest BCUT2D eigenvalue weighted by Crippen LogP contribution is -2.05. The van der Waals surface area contributed by atoms with E-state index in [-0.39, 0.29) is 0 Å². The Morgan fingerprint density at radius 1 is 1.00 bits per heavy atom. The first-order valence-corrected chi connectivity index (χ1v) is 10.8. The highest BCUT2D eigenvalue weighted by Crippen LogP contribution is 2.37. The first kappa shape index (κ1) is 22.5. The van der Waals surface area contributed by atoms with Crippen molar-refractivity contribution in [1.82, 2.24) is 9.97 Å². The van der Waals surface area contributed by atoms with Crippen molar-refractivity contribution in [2.24, 2.45) is 0 Å². The van der Waals surface area contributed by atoms with Crippen molar-refractivity contribution in [1.29, 1.82) is 5.26 Å². The first-order valence-electron chi connectivity index (χ1n) is 9.15. The number of rotatable bonds is 7. The van der Waals surface area contributed by atoms with Crippen LogP contribution in [0.2, 0.25) is 5.02 Å². The van der Waals surface area contributed by atoms with Gasteiger partial charge in [0.05, 0.1) is 32.7 Å². The van der Waals surface area contributed by atoms with Gasteiger partial charge in [0, 0.05) is 16.7 Å². The number of benzene rings is 2. The number of halogens is 1. The van der Waals surface area contributed by atoms with E-state index in [9.17, 15) is 5.26 Å². The molecule has 0 bridgehead atoms. The van der Waals surface area contributed by atoms with E-state index in [2.05, 4.69) is 21.4 Å². The standard InChI is InChI=1S/C22H21ClN4O3S/c1-12-8-16(18(29-3)10-15(12)23)25-21-14(11-24)20(26-22(27-21)31-5)13-6-7-17(28-2)19(9-13)30-4/h6-10H,1-5H3,(H,25,26,27). The number of aromatic nitrogens is 2. The predicted octanol–water partition coefficient (Wildman–Crippen LogP) is 5.47. The van der Waals surface area contributed by atoms with Crippen molar-refractivity contribution < 1.29 is 14.2 Å². The molecule has 3 rings (SSSR count). The summed E-state index contributed by atoms with van der Waals surface area (Å²) >= 11 is 7.60. The van der Waals surface area contributed by atoms with Gasteiger partial charge in [0.15, 0.2) is 22.5 Å². The zero-order chi connectivity index (χ0) is 22.5. The minimum Gasteiger partial charge on any atom is -0.495 e. The summed E-state index contributed by atoms with van der Waals surface area (Å²) in [5, 5.41) is 14.3. The van der Waals surface area contributed by atoms with Gasteiger partial charge in [-0.25, -0.2) is 9.97 Å². The van der Waals surface area contributed by atoms with Gasteiger partial charge in [-0.15, -0.1) is 0 Å². The molecule has 3 aromatic rings. The number of methoxy groups -OCH3 is 3. The fourth-order valence-corrected chi connectivity index (χ4v) is 3.50. The van der Waals surface area contributed by atoms with Crippen LogP contribution in [-0.2, 0) is 0 Å². The average molecular weight is 457 g/mol. The van der Waals surface area contributed by atoms with Gasteiger partial charge in [0.2, 0.25) is 0 Å². The number of nitrogens with one attached hydrogen (secondary N) is 1. The van der Waals surface area contributed by atoms with E-state index < -0.39 is 0 Å². The van der Waals surface area contributed by atoms with Gasteiger partial charge in [-0.3, -0.25) is 0 Å². The lowest BCUT2D eigenvalue weighted by molar-refractivity contribution is 0.355. The highest BCUT2D eigenvalue weighted by molar-refractivity contribution is 7.98. The number of aryl methyl sites for hydroxylation is 1. The van der Waals surface area contributed by atoms with Crippen LogP contribution in [0, 0.1) is 18.3 Å². The molecule has 0 unspecified atom stereocenters. The van der Waals surface area contributed by atoms with Crippen LogP contribution in [0.1, 0.15) is 11.1 Å². The fraction of sp³-hybridized carbons (Fsp3) is 0.227. The predicted molar refractivity (Wildman–Crippen MR) is 123 cm³/mol. The molecule has 0 aliphatic carbocycles. The Hall–Kier alpha value is -3.15. The second-order valence-corrected chi connectivity index (χ2v) is 7.57. The third-order valence-electron chi connectivity index (χ3n) is 4.57. The Kier molecular flexibility index (Phi) is 7.10. The van der Waals surface area contributed by atoms with Crippen molar-refractivity contribution in [3.63, 3.8) is 0 Å². The molecular weight excluding hydrogens is 436 g/mol. The molecule has 7 nitrogen and oxygen atoms in total. The molecule has 0 saturated heterocycles. The summed E-state index contributed by atoms with van der Waals surface area (Å²) in [5.74, 6) is 2.03. The molecule has 0 aliphatic heterocycles. The molecule has 31 heavy (non-hydrogen) atoms. The smallest absolute Gasteiger partial charge is 0.189 e. The Morgan fingerprint density at radius 3 is 2.32 bits per heavy atom. The van der Waals surface area contributed by atoms with Crippen LogP contribution in [0.15, 0.2) is 35.5 Å². The Morgan fingerprint density at radius 2 is 1.71 bits per heavy atom. The first-order chi connectivity index (χ1) is 14.9. The van der Waals surface area contributed by atoms with Gasteiger partial charge >= 0.3 is 0 Å². The van der Waals surface area contributed by atoms with Crippen LogP contribution in [0.25, 0.3) is 11.3 Å². The summed E-state index contributed by atoms with van der Waals surface area (Å²) < 4.78 is 16.2. The van der Waals surface area contributed by atoms with Crippen LogP contribution in [0.4, 0.5) is 11.5 Å². The van der Waals surface area contributed by atoms with Crippen molar-refractivity contribution in [2.75, 3.05) is 32.9 Å². The van der Waals surface area contributed by atoms with Gasteiger partial charge in [0.1, 0.15) is 17.4 Å². The number of hydrogen-bond donors (Lipinski definition) is 1. The van der Waals surface area contributed by atoms with E-state index in [4.69, 9.17) is 25.8 Å². The molecule has 160 valence electrons. The molecule has 1 heterocycles. The number of nitrogens with zero attached hydrogens (tertiary/aromatic N) is 3. The van der Waals surface area contributed by atoms with E-state index in [0.29, 0.717) is 55.8 Å². The summed E-state index contributed by atoms with van der Waals surface area (Å²) in [6, 6.07) is 11.2. The molecule has 0 saturated carbocycles. The molecule has 1 N–H and O–H groups in total. The number of anilines is 2. The molecule has 2 aromatic carbocycles. The fourth-order valence-electron chi connectivity index (χ4n) is 2.98. The van der Waals surface area contributed by atoms with Crippen molar-refractivity contribution in [3.8, 4) is 34.6 Å². The molecule has 9 heteroatoms. The largest absolute Gasteiger partial charge is 0.495 e. The Bertz CT molecular complexity index is 1160. The summed E-state index contributed by atoms with van der Waals surface area (Å²) in [7, 11) is 4.68. The maximum absolute atomic E-state index is 9.97. The van der Waals surface area contributed by atoms with Crippen LogP contribution >= 0.6 is 23.4 Å². The van der Waals surface area contributed by atoms with Crippen molar-refractivity contribution in [3.05, 3.63) is 46.5 Å². The van der Waals surface area contributed by atoms with Crippen molar-refractivity contribution >= 4 is 34.9 Å². The van der Waals surface area contributed by atoms with Crippen LogP contribution in [-0.4, -0.2) is 37.6 Å². The minimum atomic E-state index is 0.291. The molecular formula is C22H21ClN4O3S. The van der Waals surface area contributed by atoms with Gasteiger partial charge in [0.25, 0.3) is 0 Å². The zero-order valence-electron chi connectivity index (χ0n) is 17.7. The van der Waals surface area contributed by atoms with Gasteiger partial charge in [-0.1, -0.05) is 23.4 Å². The number of nitriles is 1. The topological polar surface area (TPSA) is 89.3 Å². The molecule has 0 fully saturated rings. The third kappa shape index (κ3) is 4.63. The molecule has 1 aromatic heterocycles. The van der Waals surface area contributed by atoms with E-state index >= 15 is 0 Å². The second kappa shape index (κ2) is 9.77. The monoisotopic (exact) mass is 456 g/mol. The van der Waals surface area contributed by atoms with E-state index in [1.807, 2.05) is 25.3 Å². The van der Waals surface area contributed by atoms with Gasteiger partial charge < -0.3 is 19.5 Å². The summed E-state index contributed by atoms with van der Waals surface area (Å²) in [6.45, 7) is 1.89. The lowest BCUT2D eigenvalue weighted by atomic mass is 10.1. The normalized spacial score (nSPS) is 10.4. The average Bonchev–Trinajstić information content (AvgIpc) is 2.80. The zero-order valence-corrected chi connectivity index (χ0v) is 19.3. The Labute approximate surface area is 190 Å². The highest BCUT2D eigenvalue weighted by Gasteiger charge is 2.19.